The zero-order chi connectivity index (χ0) is 23.7. The number of hydrogen-bond donors (Lipinski definition) is 3. The van der Waals surface area contributed by atoms with E-state index in [1.54, 1.807) is 6.20 Å². The quantitative estimate of drug-likeness (QED) is 0.397. The Labute approximate surface area is 208 Å². The molecule has 2 atom stereocenters. The maximum atomic E-state index is 6.82. The number of imidazole rings is 1. The van der Waals surface area contributed by atoms with Crippen LogP contribution in [0.2, 0.25) is 5.02 Å². The Kier molecular flexibility index (Phi) is 4.78. The maximum absolute atomic E-state index is 6.82. The zero-order valence-corrected chi connectivity index (χ0v) is 20.4. The van der Waals surface area contributed by atoms with Gasteiger partial charge in [0, 0.05) is 66.5 Å². The van der Waals surface area contributed by atoms with E-state index in [4.69, 9.17) is 32.0 Å². The highest BCUT2D eigenvalue weighted by atomic mass is 35.5. The lowest BCUT2D eigenvalue weighted by molar-refractivity contribution is 0.0973. The van der Waals surface area contributed by atoms with E-state index < -0.39 is 0 Å². The van der Waals surface area contributed by atoms with Crippen LogP contribution in [0.25, 0.3) is 27.8 Å². The summed E-state index contributed by atoms with van der Waals surface area (Å²) in [7, 11) is 0. The molecule has 0 unspecified atom stereocenters. The van der Waals surface area contributed by atoms with E-state index in [1.807, 2.05) is 24.7 Å². The average Bonchev–Trinajstić information content (AvgIpc) is 3.27. The first-order chi connectivity index (χ1) is 17.0. The molecule has 0 amide bonds. The molecule has 4 aromatic heterocycles. The van der Waals surface area contributed by atoms with Crippen LogP contribution in [0.4, 0.5) is 11.8 Å². The minimum atomic E-state index is 0.0674. The fraction of sp³-hybridized carbons (Fsp3) is 0.480. The number of nitrogens with two attached hydrogens (primary N) is 1. The molecule has 182 valence electrons. The van der Waals surface area contributed by atoms with E-state index in [-0.39, 0.29) is 17.6 Å². The molecule has 1 saturated carbocycles. The highest BCUT2D eigenvalue weighted by molar-refractivity contribution is 6.36. The summed E-state index contributed by atoms with van der Waals surface area (Å²) in [6.45, 7) is 4.60. The first-order valence-electron chi connectivity index (χ1n) is 12.4. The van der Waals surface area contributed by atoms with Gasteiger partial charge in [-0.25, -0.2) is 9.97 Å². The zero-order valence-electron chi connectivity index (χ0n) is 19.7. The number of piperidine rings is 1. The molecule has 3 fully saturated rings. The third-order valence-corrected chi connectivity index (χ3v) is 8.52. The Bertz CT molecular complexity index is 1420. The van der Waals surface area contributed by atoms with Gasteiger partial charge in [0.15, 0.2) is 5.65 Å². The molecule has 0 bridgehead atoms. The molecule has 4 N–H and O–H groups in total. The molecule has 0 aromatic carbocycles. The van der Waals surface area contributed by atoms with Crippen molar-refractivity contribution < 1.29 is 4.74 Å². The summed E-state index contributed by atoms with van der Waals surface area (Å²) in [5.74, 6) is 1.63. The highest BCUT2D eigenvalue weighted by Crippen LogP contribution is 2.43. The van der Waals surface area contributed by atoms with Crippen molar-refractivity contribution in [2.24, 2.45) is 11.1 Å². The topological polar surface area (TPSA) is 109 Å². The molecule has 7 rings (SSSR count). The van der Waals surface area contributed by atoms with Gasteiger partial charge in [0.25, 0.3) is 0 Å². The lowest BCUT2D eigenvalue weighted by Gasteiger charge is -2.41. The summed E-state index contributed by atoms with van der Waals surface area (Å²) in [6, 6.07) is 2.51. The van der Waals surface area contributed by atoms with E-state index in [0.29, 0.717) is 11.1 Å². The Morgan fingerprint density at radius 3 is 2.77 bits per heavy atom. The first-order valence-corrected chi connectivity index (χ1v) is 12.8. The van der Waals surface area contributed by atoms with Gasteiger partial charge in [-0.2, -0.15) is 4.98 Å². The number of nitrogens with one attached hydrogen (secondary N) is 2. The number of aromatic nitrogens is 5. The van der Waals surface area contributed by atoms with Crippen LogP contribution >= 0.6 is 11.6 Å². The van der Waals surface area contributed by atoms with Crippen molar-refractivity contribution in [1.82, 2.24) is 24.3 Å². The molecule has 0 radical (unpaired) electrons. The predicted molar refractivity (Wildman–Crippen MR) is 137 cm³/mol. The minimum absolute atomic E-state index is 0.0674. The van der Waals surface area contributed by atoms with Crippen molar-refractivity contribution in [3.8, 4) is 11.1 Å². The van der Waals surface area contributed by atoms with Crippen LogP contribution in [-0.2, 0) is 4.74 Å². The summed E-state index contributed by atoms with van der Waals surface area (Å²) < 4.78 is 7.99. The Morgan fingerprint density at radius 2 is 2.03 bits per heavy atom. The van der Waals surface area contributed by atoms with Gasteiger partial charge in [-0.3, -0.25) is 4.40 Å². The normalized spacial score (nSPS) is 24.1. The maximum Gasteiger partial charge on any atom is 0.213 e. The average molecular weight is 493 g/mol. The fourth-order valence-corrected chi connectivity index (χ4v) is 6.03. The second-order valence-electron chi connectivity index (χ2n) is 10.3. The molecule has 1 spiro atoms. The predicted octanol–water partition coefficient (Wildman–Crippen LogP) is 3.83. The second kappa shape index (κ2) is 7.81. The van der Waals surface area contributed by atoms with Crippen LogP contribution in [0, 0.1) is 5.41 Å². The van der Waals surface area contributed by atoms with Crippen molar-refractivity contribution >= 4 is 40.0 Å². The second-order valence-corrected chi connectivity index (χ2v) is 10.7. The van der Waals surface area contributed by atoms with Gasteiger partial charge < -0.3 is 25.7 Å². The van der Waals surface area contributed by atoms with E-state index in [1.165, 1.54) is 0 Å². The van der Waals surface area contributed by atoms with Gasteiger partial charge in [-0.05, 0) is 38.7 Å². The van der Waals surface area contributed by atoms with Crippen LogP contribution in [0.3, 0.4) is 0 Å². The van der Waals surface area contributed by atoms with E-state index >= 15 is 0 Å². The number of halogens is 1. The van der Waals surface area contributed by atoms with Gasteiger partial charge in [-0.15, -0.1) is 0 Å². The third kappa shape index (κ3) is 3.32. The van der Waals surface area contributed by atoms with Crippen molar-refractivity contribution in [3.05, 3.63) is 35.9 Å². The van der Waals surface area contributed by atoms with Gasteiger partial charge in [-0.1, -0.05) is 11.6 Å². The number of ether oxygens (including phenoxy) is 1. The monoisotopic (exact) mass is 492 g/mol. The summed E-state index contributed by atoms with van der Waals surface area (Å²) in [5, 5.41) is 5.01. The number of fused-ring (bicyclic) bond motifs is 3. The van der Waals surface area contributed by atoms with Crippen LogP contribution in [0.15, 0.2) is 30.9 Å². The molecule has 6 heterocycles. The molecular weight excluding hydrogens is 464 g/mol. The van der Waals surface area contributed by atoms with Crippen LogP contribution in [-0.4, -0.2) is 62.2 Å². The number of rotatable bonds is 4. The first kappa shape index (κ1) is 21.4. The molecule has 4 aromatic rings. The van der Waals surface area contributed by atoms with Gasteiger partial charge in [0.1, 0.15) is 11.5 Å². The molecule has 9 nitrogen and oxygen atoms in total. The van der Waals surface area contributed by atoms with Crippen LogP contribution in [0.5, 0.6) is 0 Å². The van der Waals surface area contributed by atoms with Crippen LogP contribution < -0.4 is 16.0 Å². The fourth-order valence-electron chi connectivity index (χ4n) is 5.76. The van der Waals surface area contributed by atoms with Crippen molar-refractivity contribution in [3.63, 3.8) is 0 Å². The molecular formula is C25H29ClN8O. The Hall–Kier alpha value is -2.88. The van der Waals surface area contributed by atoms with Crippen molar-refractivity contribution in [2.75, 3.05) is 29.9 Å². The van der Waals surface area contributed by atoms with Crippen molar-refractivity contribution in [1.29, 1.82) is 0 Å². The third-order valence-electron chi connectivity index (χ3n) is 8.14. The van der Waals surface area contributed by atoms with Gasteiger partial charge in [0.2, 0.25) is 5.95 Å². The molecule has 2 saturated heterocycles. The van der Waals surface area contributed by atoms with E-state index in [2.05, 4.69) is 31.5 Å². The summed E-state index contributed by atoms with van der Waals surface area (Å²) in [6.07, 6.45) is 12.0. The lowest BCUT2D eigenvalue weighted by Crippen LogP contribution is -2.51. The summed E-state index contributed by atoms with van der Waals surface area (Å²) in [4.78, 5) is 20.0. The van der Waals surface area contributed by atoms with Gasteiger partial charge in [0.05, 0.1) is 23.1 Å². The number of H-pyrrole nitrogens is 1. The van der Waals surface area contributed by atoms with E-state index in [9.17, 15) is 0 Å². The molecule has 2 aliphatic heterocycles. The standard InChI is InChI=1S/C25H29ClN8O/c1-14-20(27)25(13-35-14)5-9-33(10-6-25)24-32-21-18(23-29-8-11-34(23)24)17(12-30-21)16-4-7-28-22(19(16)26)31-15-2-3-15/h4,7-8,11-12,14-15,20,30H,2-3,5-6,9-10,13,27H2,1H3,(H,28,31)/t14-,20+/m0/s1. The molecule has 35 heavy (non-hydrogen) atoms. The molecule has 10 heteroatoms. The largest absolute Gasteiger partial charge is 0.376 e. The summed E-state index contributed by atoms with van der Waals surface area (Å²) in [5.41, 5.74) is 10.2. The van der Waals surface area contributed by atoms with Crippen molar-refractivity contribution in [2.45, 2.75) is 50.8 Å². The summed E-state index contributed by atoms with van der Waals surface area (Å²) >= 11 is 6.82. The van der Waals surface area contributed by atoms with Crippen LogP contribution in [0.1, 0.15) is 32.6 Å². The SMILES string of the molecule is C[C@@H]1OCC2(CCN(c3nc4[nH]cc(-c5ccnc(NC6CC6)c5Cl)c4c4nccn34)CC2)[C@@H]1N. The van der Waals surface area contributed by atoms with Gasteiger partial charge >= 0.3 is 0 Å². The Balaban J connectivity index is 1.26. The number of nitrogens with zero attached hydrogens (tertiary/aromatic N) is 5. The molecule has 1 aliphatic carbocycles. The number of aromatic amines is 1. The minimum Gasteiger partial charge on any atom is -0.376 e. The smallest absolute Gasteiger partial charge is 0.213 e. The lowest BCUT2D eigenvalue weighted by atomic mass is 9.73. The van der Waals surface area contributed by atoms with E-state index in [0.717, 1.165) is 85.0 Å². The Morgan fingerprint density at radius 1 is 1.20 bits per heavy atom. The number of anilines is 2. The number of hydrogen-bond acceptors (Lipinski definition) is 7. The molecule has 3 aliphatic rings. The number of pyridine rings is 1. The highest BCUT2D eigenvalue weighted by Gasteiger charge is 2.47.